The Hall–Kier alpha value is -1.41. The van der Waals surface area contributed by atoms with Crippen LogP contribution < -0.4 is 0 Å². The second-order valence-electron chi connectivity index (χ2n) is 6.08. The first-order valence-electron chi connectivity index (χ1n) is 8.11. The summed E-state index contributed by atoms with van der Waals surface area (Å²) in [5.41, 5.74) is 1.94. The molecule has 1 aromatic rings. The van der Waals surface area contributed by atoms with Gasteiger partial charge in [-0.15, -0.1) is 0 Å². The number of benzene rings is 1. The lowest BCUT2D eigenvalue weighted by Crippen LogP contribution is -2.34. The molecule has 4 heteroatoms. The molecule has 1 aliphatic heterocycles. The van der Waals surface area contributed by atoms with Crippen molar-refractivity contribution in [1.82, 2.24) is 4.90 Å². The molecule has 1 heterocycles. The molecule has 1 fully saturated rings. The van der Waals surface area contributed by atoms with Crippen molar-refractivity contribution < 1.29 is 9.47 Å². The maximum absolute atomic E-state index is 8.84. The third-order valence-corrected chi connectivity index (χ3v) is 4.05. The third-order valence-electron chi connectivity index (χ3n) is 4.05. The van der Waals surface area contributed by atoms with Crippen molar-refractivity contribution in [3.05, 3.63) is 35.4 Å². The van der Waals surface area contributed by atoms with Crippen LogP contribution in [0.15, 0.2) is 24.3 Å². The normalized spacial score (nSPS) is 18.0. The minimum atomic E-state index is 0.297. The summed E-state index contributed by atoms with van der Waals surface area (Å²) < 4.78 is 11.3. The van der Waals surface area contributed by atoms with Gasteiger partial charge in [0.1, 0.15) is 0 Å². The quantitative estimate of drug-likeness (QED) is 0.693. The molecule has 120 valence electrons. The number of ether oxygens (including phenoxy) is 2. The van der Waals surface area contributed by atoms with E-state index < -0.39 is 0 Å². The number of hydrogen-bond donors (Lipinski definition) is 0. The zero-order chi connectivity index (χ0) is 15.8. The van der Waals surface area contributed by atoms with Gasteiger partial charge >= 0.3 is 0 Å². The van der Waals surface area contributed by atoms with Crippen molar-refractivity contribution in [3.63, 3.8) is 0 Å². The molecule has 1 aromatic carbocycles. The van der Waals surface area contributed by atoms with Crippen LogP contribution in [0, 0.1) is 11.3 Å². The Balaban J connectivity index is 1.75. The van der Waals surface area contributed by atoms with Gasteiger partial charge in [0.05, 0.1) is 31.0 Å². The van der Waals surface area contributed by atoms with Crippen LogP contribution in [0.25, 0.3) is 0 Å². The zero-order valence-electron chi connectivity index (χ0n) is 13.6. The maximum Gasteiger partial charge on any atom is 0.0991 e. The monoisotopic (exact) mass is 302 g/mol. The van der Waals surface area contributed by atoms with Gasteiger partial charge in [0.25, 0.3) is 0 Å². The summed E-state index contributed by atoms with van der Waals surface area (Å²) in [7, 11) is 0. The average molecular weight is 302 g/mol. The average Bonchev–Trinajstić information content (AvgIpc) is 3.04. The summed E-state index contributed by atoms with van der Waals surface area (Å²) >= 11 is 0. The van der Waals surface area contributed by atoms with Gasteiger partial charge in [0.15, 0.2) is 0 Å². The third kappa shape index (κ3) is 5.42. The van der Waals surface area contributed by atoms with Gasteiger partial charge in [0, 0.05) is 25.7 Å². The number of nitriles is 1. The van der Waals surface area contributed by atoms with Crippen LogP contribution in [0.4, 0.5) is 0 Å². The Kier molecular flexibility index (Phi) is 6.85. The molecule has 1 aliphatic rings. The van der Waals surface area contributed by atoms with Gasteiger partial charge in [-0.1, -0.05) is 12.1 Å². The van der Waals surface area contributed by atoms with Crippen molar-refractivity contribution in [2.24, 2.45) is 0 Å². The number of hydrogen-bond acceptors (Lipinski definition) is 4. The summed E-state index contributed by atoms with van der Waals surface area (Å²) in [6.45, 7) is 8.51. The lowest BCUT2D eigenvalue weighted by molar-refractivity contribution is 0.00735. The van der Waals surface area contributed by atoms with Crippen LogP contribution >= 0.6 is 0 Å². The smallest absolute Gasteiger partial charge is 0.0991 e. The fourth-order valence-electron chi connectivity index (χ4n) is 2.61. The van der Waals surface area contributed by atoms with Crippen molar-refractivity contribution in [1.29, 1.82) is 5.26 Å². The second-order valence-corrected chi connectivity index (χ2v) is 6.08. The Morgan fingerprint density at radius 2 is 2.14 bits per heavy atom. The first-order chi connectivity index (χ1) is 10.7. The van der Waals surface area contributed by atoms with Crippen LogP contribution in [0.5, 0.6) is 0 Å². The molecule has 1 saturated heterocycles. The second kappa shape index (κ2) is 8.89. The van der Waals surface area contributed by atoms with Crippen LogP contribution in [0.3, 0.4) is 0 Å². The Morgan fingerprint density at radius 3 is 2.73 bits per heavy atom. The van der Waals surface area contributed by atoms with Gasteiger partial charge in [-0.05, 0) is 44.4 Å². The summed E-state index contributed by atoms with van der Waals surface area (Å²) in [5.74, 6) is 0. The topological polar surface area (TPSA) is 45.5 Å². The van der Waals surface area contributed by atoms with Crippen molar-refractivity contribution in [3.8, 4) is 6.07 Å². The molecule has 2 rings (SSSR count). The Labute approximate surface area is 133 Å². The molecule has 0 amide bonds. The minimum absolute atomic E-state index is 0.297. The molecule has 4 nitrogen and oxygen atoms in total. The lowest BCUT2D eigenvalue weighted by atomic mass is 10.1. The van der Waals surface area contributed by atoms with E-state index in [1.165, 1.54) is 5.56 Å². The molecule has 0 N–H and O–H groups in total. The highest BCUT2D eigenvalue weighted by atomic mass is 16.5. The molecule has 1 atom stereocenters. The van der Waals surface area contributed by atoms with Gasteiger partial charge in [0.2, 0.25) is 0 Å². The molecular formula is C18H26N2O2. The highest BCUT2D eigenvalue weighted by Gasteiger charge is 2.16. The van der Waals surface area contributed by atoms with E-state index in [0.29, 0.717) is 24.3 Å². The molecule has 0 aromatic heterocycles. The summed E-state index contributed by atoms with van der Waals surface area (Å²) in [6, 6.07) is 10.4. The van der Waals surface area contributed by atoms with E-state index in [2.05, 4.69) is 24.8 Å². The van der Waals surface area contributed by atoms with E-state index in [9.17, 15) is 0 Å². The molecule has 0 radical (unpaired) electrons. The van der Waals surface area contributed by atoms with E-state index in [0.717, 1.165) is 39.1 Å². The largest absolute Gasteiger partial charge is 0.377 e. The predicted molar refractivity (Wildman–Crippen MR) is 86.5 cm³/mol. The van der Waals surface area contributed by atoms with Crippen molar-refractivity contribution in [2.75, 3.05) is 26.4 Å². The van der Waals surface area contributed by atoms with Crippen LogP contribution in [0.2, 0.25) is 0 Å². The molecular weight excluding hydrogens is 276 g/mol. The molecule has 0 bridgehead atoms. The van der Waals surface area contributed by atoms with Crippen LogP contribution in [0.1, 0.15) is 37.8 Å². The van der Waals surface area contributed by atoms with E-state index in [-0.39, 0.29) is 0 Å². The Bertz CT molecular complexity index is 473. The molecule has 22 heavy (non-hydrogen) atoms. The molecule has 0 aliphatic carbocycles. The van der Waals surface area contributed by atoms with Crippen molar-refractivity contribution in [2.45, 2.75) is 45.4 Å². The first-order valence-corrected chi connectivity index (χ1v) is 8.11. The number of nitrogens with zero attached hydrogens (tertiary/aromatic N) is 2. The Morgan fingerprint density at radius 1 is 1.36 bits per heavy atom. The SMILES string of the molecule is CC(C)N(CCOC[C@@H]1CCCO1)Cc1ccc(C#N)cc1. The summed E-state index contributed by atoms with van der Waals surface area (Å²) in [6.07, 6.45) is 2.58. The van der Waals surface area contributed by atoms with Crippen LogP contribution in [-0.2, 0) is 16.0 Å². The van der Waals surface area contributed by atoms with E-state index in [1.807, 2.05) is 24.3 Å². The van der Waals surface area contributed by atoms with E-state index in [4.69, 9.17) is 14.7 Å². The fraction of sp³-hybridized carbons (Fsp3) is 0.611. The highest BCUT2D eigenvalue weighted by molar-refractivity contribution is 5.31. The maximum atomic E-state index is 8.84. The van der Waals surface area contributed by atoms with Gasteiger partial charge in [-0.3, -0.25) is 4.90 Å². The van der Waals surface area contributed by atoms with Gasteiger partial charge in [-0.25, -0.2) is 0 Å². The van der Waals surface area contributed by atoms with Gasteiger partial charge < -0.3 is 9.47 Å². The first kappa shape index (κ1) is 17.0. The molecule has 0 unspecified atom stereocenters. The number of rotatable bonds is 8. The van der Waals surface area contributed by atoms with E-state index in [1.54, 1.807) is 0 Å². The summed E-state index contributed by atoms with van der Waals surface area (Å²) in [5, 5.41) is 8.84. The highest BCUT2D eigenvalue weighted by Crippen LogP contribution is 2.13. The fourth-order valence-corrected chi connectivity index (χ4v) is 2.61. The zero-order valence-corrected chi connectivity index (χ0v) is 13.6. The van der Waals surface area contributed by atoms with Gasteiger partial charge in [-0.2, -0.15) is 5.26 Å². The lowest BCUT2D eigenvalue weighted by Gasteiger charge is -2.26. The minimum Gasteiger partial charge on any atom is -0.377 e. The van der Waals surface area contributed by atoms with Crippen molar-refractivity contribution >= 4 is 0 Å². The molecule has 0 spiro atoms. The van der Waals surface area contributed by atoms with E-state index >= 15 is 0 Å². The van der Waals surface area contributed by atoms with Crippen LogP contribution in [-0.4, -0.2) is 43.4 Å². The predicted octanol–water partition coefficient (Wildman–Crippen LogP) is 2.96. The molecule has 0 saturated carbocycles. The summed E-state index contributed by atoms with van der Waals surface area (Å²) in [4.78, 5) is 2.39. The standard InChI is InChI=1S/C18H26N2O2/c1-15(2)20(9-11-21-14-18-4-3-10-22-18)13-17-7-5-16(12-19)6-8-17/h5-8,15,18H,3-4,9-11,13-14H2,1-2H3/t18-/m0/s1.